The Balaban J connectivity index is 2.48. The molecule has 18 heavy (non-hydrogen) atoms. The van der Waals surface area contributed by atoms with Gasteiger partial charge in [0, 0.05) is 5.02 Å². The number of thioether (sulfide) groups is 1. The standard InChI is InChI=1S/C11H10ClN3O2S/c1-5(9(13)16)18-11-14-8-4-6(12)2-3-7(8)10(17)15-11/h2-5H,1H3,(H2,13,16)(H,14,15,17)/t5-/m1/s1. The number of hydrogen-bond donors (Lipinski definition) is 2. The van der Waals surface area contributed by atoms with Crippen molar-refractivity contribution >= 4 is 40.2 Å². The van der Waals surface area contributed by atoms with Crippen LogP contribution in [0, 0.1) is 0 Å². The maximum atomic E-state index is 11.8. The number of amides is 1. The van der Waals surface area contributed by atoms with E-state index in [2.05, 4.69) is 9.97 Å². The monoisotopic (exact) mass is 283 g/mol. The molecule has 0 unspecified atom stereocenters. The number of hydrogen-bond acceptors (Lipinski definition) is 4. The highest BCUT2D eigenvalue weighted by molar-refractivity contribution is 8.00. The number of benzene rings is 1. The minimum absolute atomic E-state index is 0.268. The summed E-state index contributed by atoms with van der Waals surface area (Å²) in [5.41, 5.74) is 5.38. The Labute approximate surface area is 112 Å². The maximum Gasteiger partial charge on any atom is 0.259 e. The van der Waals surface area contributed by atoms with Crippen LogP contribution in [0.5, 0.6) is 0 Å². The predicted octanol–water partition coefficient (Wildman–Crippen LogP) is 1.54. The first-order valence-corrected chi connectivity index (χ1v) is 6.38. The number of nitrogens with two attached hydrogens (primary N) is 1. The average Bonchev–Trinajstić information content (AvgIpc) is 2.27. The van der Waals surface area contributed by atoms with Gasteiger partial charge >= 0.3 is 0 Å². The van der Waals surface area contributed by atoms with E-state index in [1.807, 2.05) is 0 Å². The van der Waals surface area contributed by atoms with Crippen molar-refractivity contribution in [2.75, 3.05) is 0 Å². The van der Waals surface area contributed by atoms with Crippen LogP contribution < -0.4 is 11.3 Å². The molecule has 7 heteroatoms. The van der Waals surface area contributed by atoms with E-state index in [1.165, 1.54) is 0 Å². The van der Waals surface area contributed by atoms with Gasteiger partial charge in [-0.05, 0) is 25.1 Å². The van der Waals surface area contributed by atoms with Gasteiger partial charge in [-0.1, -0.05) is 23.4 Å². The molecule has 0 fully saturated rings. The second-order valence-electron chi connectivity index (χ2n) is 3.69. The summed E-state index contributed by atoms with van der Waals surface area (Å²) in [6, 6.07) is 4.83. The fraction of sp³-hybridized carbons (Fsp3) is 0.182. The highest BCUT2D eigenvalue weighted by Crippen LogP contribution is 2.21. The number of aromatic nitrogens is 2. The van der Waals surface area contributed by atoms with Crippen molar-refractivity contribution in [1.82, 2.24) is 9.97 Å². The summed E-state index contributed by atoms with van der Waals surface area (Å²) in [5, 5.41) is 0.834. The van der Waals surface area contributed by atoms with Gasteiger partial charge in [0.05, 0.1) is 16.2 Å². The highest BCUT2D eigenvalue weighted by Gasteiger charge is 2.13. The Morgan fingerprint density at radius 1 is 1.56 bits per heavy atom. The summed E-state index contributed by atoms with van der Waals surface area (Å²) >= 11 is 6.95. The largest absolute Gasteiger partial charge is 0.369 e. The average molecular weight is 284 g/mol. The van der Waals surface area contributed by atoms with Crippen LogP contribution in [0.15, 0.2) is 28.2 Å². The quantitative estimate of drug-likeness (QED) is 0.660. The molecule has 0 aliphatic heterocycles. The topological polar surface area (TPSA) is 88.8 Å². The Morgan fingerprint density at radius 3 is 2.94 bits per heavy atom. The number of carbonyl (C=O) groups excluding carboxylic acids is 1. The lowest BCUT2D eigenvalue weighted by Crippen LogP contribution is -2.23. The van der Waals surface area contributed by atoms with E-state index in [-0.39, 0.29) is 5.56 Å². The van der Waals surface area contributed by atoms with Crippen molar-refractivity contribution in [3.05, 3.63) is 33.6 Å². The molecule has 2 rings (SSSR count). The fourth-order valence-corrected chi connectivity index (χ4v) is 2.29. The number of carbonyl (C=O) groups is 1. The van der Waals surface area contributed by atoms with Gasteiger partial charge in [0.15, 0.2) is 5.16 Å². The van der Waals surface area contributed by atoms with E-state index < -0.39 is 11.2 Å². The highest BCUT2D eigenvalue weighted by atomic mass is 35.5. The van der Waals surface area contributed by atoms with Gasteiger partial charge in [-0.15, -0.1) is 0 Å². The Morgan fingerprint density at radius 2 is 2.28 bits per heavy atom. The van der Waals surface area contributed by atoms with Crippen molar-refractivity contribution in [2.45, 2.75) is 17.3 Å². The molecule has 0 spiro atoms. The molecule has 1 amide bonds. The van der Waals surface area contributed by atoms with Crippen LogP contribution in [0.4, 0.5) is 0 Å². The molecule has 1 aromatic heterocycles. The zero-order valence-corrected chi connectivity index (χ0v) is 11.0. The van der Waals surface area contributed by atoms with Gasteiger partial charge < -0.3 is 10.7 Å². The molecule has 0 saturated carbocycles. The molecule has 1 heterocycles. The number of primary amides is 1. The number of aromatic amines is 1. The minimum atomic E-state index is -0.468. The van der Waals surface area contributed by atoms with Crippen LogP contribution in [0.25, 0.3) is 10.9 Å². The normalized spacial score (nSPS) is 12.6. The fourth-order valence-electron chi connectivity index (χ4n) is 1.37. The molecule has 1 aromatic carbocycles. The third-order valence-electron chi connectivity index (χ3n) is 2.34. The van der Waals surface area contributed by atoms with Crippen molar-refractivity contribution in [2.24, 2.45) is 5.73 Å². The van der Waals surface area contributed by atoms with Crippen LogP contribution in [0.3, 0.4) is 0 Å². The lowest BCUT2D eigenvalue weighted by atomic mass is 10.2. The van der Waals surface area contributed by atoms with Gasteiger partial charge in [0.1, 0.15) is 0 Å². The summed E-state index contributed by atoms with van der Waals surface area (Å²) in [5.74, 6) is -0.464. The van der Waals surface area contributed by atoms with E-state index in [9.17, 15) is 9.59 Å². The minimum Gasteiger partial charge on any atom is -0.369 e. The van der Waals surface area contributed by atoms with Gasteiger partial charge in [-0.25, -0.2) is 4.98 Å². The lowest BCUT2D eigenvalue weighted by molar-refractivity contribution is -0.117. The van der Waals surface area contributed by atoms with Crippen molar-refractivity contribution in [3.8, 4) is 0 Å². The van der Waals surface area contributed by atoms with Crippen LogP contribution in [0.2, 0.25) is 5.02 Å². The summed E-state index contributed by atoms with van der Waals surface area (Å²) in [4.78, 5) is 29.6. The SMILES string of the molecule is C[C@@H](Sc1nc2cc(Cl)ccc2c(=O)[nH]1)C(N)=O. The third kappa shape index (κ3) is 2.65. The van der Waals surface area contributed by atoms with Crippen molar-refractivity contribution in [1.29, 1.82) is 0 Å². The van der Waals surface area contributed by atoms with Gasteiger partial charge in [0.2, 0.25) is 5.91 Å². The summed E-state index contributed by atoms with van der Waals surface area (Å²) in [6.07, 6.45) is 0. The number of halogens is 1. The number of nitrogens with zero attached hydrogens (tertiary/aromatic N) is 1. The zero-order chi connectivity index (χ0) is 13.3. The van der Waals surface area contributed by atoms with Crippen molar-refractivity contribution < 1.29 is 4.79 Å². The van der Waals surface area contributed by atoms with Gasteiger partial charge in [0.25, 0.3) is 5.56 Å². The first kappa shape index (κ1) is 12.9. The molecule has 5 nitrogen and oxygen atoms in total. The smallest absolute Gasteiger partial charge is 0.259 e. The molecular formula is C11H10ClN3O2S. The summed E-state index contributed by atoms with van der Waals surface area (Å²) in [6.45, 7) is 1.65. The van der Waals surface area contributed by atoms with Gasteiger partial charge in [-0.3, -0.25) is 9.59 Å². The second-order valence-corrected chi connectivity index (χ2v) is 5.46. The molecule has 0 aliphatic carbocycles. The Bertz CT molecular complexity index is 671. The van der Waals surface area contributed by atoms with E-state index >= 15 is 0 Å². The molecule has 0 saturated heterocycles. The lowest BCUT2D eigenvalue weighted by Gasteiger charge is -2.06. The van der Waals surface area contributed by atoms with E-state index in [1.54, 1.807) is 25.1 Å². The van der Waals surface area contributed by atoms with Crippen LogP contribution >= 0.6 is 23.4 Å². The molecular weight excluding hydrogens is 274 g/mol. The predicted molar refractivity (Wildman–Crippen MR) is 71.9 cm³/mol. The van der Waals surface area contributed by atoms with E-state index in [0.29, 0.717) is 21.1 Å². The molecule has 0 aliphatic rings. The van der Waals surface area contributed by atoms with Crippen LogP contribution in [-0.4, -0.2) is 21.1 Å². The van der Waals surface area contributed by atoms with E-state index in [0.717, 1.165) is 11.8 Å². The molecule has 3 N–H and O–H groups in total. The Kier molecular flexibility index (Phi) is 3.58. The van der Waals surface area contributed by atoms with Crippen LogP contribution in [-0.2, 0) is 4.79 Å². The first-order chi connectivity index (χ1) is 8.47. The molecule has 2 aromatic rings. The number of rotatable bonds is 3. The molecule has 94 valence electrons. The molecule has 0 radical (unpaired) electrons. The zero-order valence-electron chi connectivity index (χ0n) is 9.44. The van der Waals surface area contributed by atoms with Crippen LogP contribution in [0.1, 0.15) is 6.92 Å². The van der Waals surface area contributed by atoms with Gasteiger partial charge in [-0.2, -0.15) is 0 Å². The summed E-state index contributed by atoms with van der Waals surface area (Å²) in [7, 11) is 0. The number of nitrogens with one attached hydrogen (secondary N) is 1. The number of fused-ring (bicyclic) bond motifs is 1. The third-order valence-corrected chi connectivity index (χ3v) is 3.57. The Hall–Kier alpha value is -1.53. The number of H-pyrrole nitrogens is 1. The molecule has 1 atom stereocenters. The summed E-state index contributed by atoms with van der Waals surface area (Å²) < 4.78 is 0. The maximum absolute atomic E-state index is 11.8. The first-order valence-electron chi connectivity index (χ1n) is 5.13. The second kappa shape index (κ2) is 4.99. The molecule has 0 bridgehead atoms. The van der Waals surface area contributed by atoms with E-state index in [4.69, 9.17) is 17.3 Å². The van der Waals surface area contributed by atoms with Crippen molar-refractivity contribution in [3.63, 3.8) is 0 Å².